The molecule has 0 bridgehead atoms. The predicted molar refractivity (Wildman–Crippen MR) is 126 cm³/mol. The van der Waals surface area contributed by atoms with Crippen molar-refractivity contribution in [3.63, 3.8) is 0 Å². The quantitative estimate of drug-likeness (QED) is 0.212. The van der Waals surface area contributed by atoms with Crippen molar-refractivity contribution in [1.82, 2.24) is 0 Å². The Morgan fingerprint density at radius 3 is 2.07 bits per heavy atom. The van der Waals surface area contributed by atoms with E-state index in [2.05, 4.69) is 10.1 Å². The van der Waals surface area contributed by atoms with Crippen LogP contribution in [0.2, 0.25) is 0 Å². The number of amides is 1. The molecule has 3 aromatic carbocycles. The second-order valence-corrected chi connectivity index (χ2v) is 8.71. The highest BCUT2D eigenvalue weighted by molar-refractivity contribution is 6.05. The van der Waals surface area contributed by atoms with E-state index >= 15 is 4.39 Å². The number of nitrogens with zero attached hydrogens (tertiary/aromatic N) is 1. The minimum Gasteiger partial charge on any atom is -0.435 e. The minimum absolute atomic E-state index is 0.0105. The Morgan fingerprint density at radius 2 is 1.55 bits per heavy atom. The lowest BCUT2D eigenvalue weighted by Crippen LogP contribution is -2.50. The van der Waals surface area contributed by atoms with Crippen LogP contribution < -0.4 is 10.1 Å². The van der Waals surface area contributed by atoms with Crippen LogP contribution in [0.3, 0.4) is 0 Å². The van der Waals surface area contributed by atoms with Crippen molar-refractivity contribution in [2.24, 2.45) is 0 Å². The van der Waals surface area contributed by atoms with E-state index in [0.29, 0.717) is 0 Å². The van der Waals surface area contributed by atoms with Crippen LogP contribution in [0.25, 0.3) is 0 Å². The fraction of sp³-hybridized carbons (Fsp3) is 0.222. The highest BCUT2D eigenvalue weighted by atomic mass is 19.4. The Labute approximate surface area is 230 Å². The summed E-state index contributed by atoms with van der Waals surface area (Å²) in [6, 6.07) is 9.94. The Morgan fingerprint density at radius 1 is 0.952 bits per heavy atom. The van der Waals surface area contributed by atoms with Gasteiger partial charge in [-0.05, 0) is 55.0 Å². The Kier molecular flexibility index (Phi) is 8.90. The molecule has 0 heterocycles. The summed E-state index contributed by atoms with van der Waals surface area (Å²) < 4.78 is 139. The molecule has 0 spiro atoms. The lowest BCUT2D eigenvalue weighted by atomic mass is 9.89. The summed E-state index contributed by atoms with van der Waals surface area (Å²) in [6.07, 6.45) is -14.2. The van der Waals surface area contributed by atoms with Gasteiger partial charge in [-0.25, -0.2) is 8.78 Å². The molecule has 0 aliphatic heterocycles. The first-order valence-electron chi connectivity index (χ1n) is 11.4. The molecule has 0 unspecified atom stereocenters. The number of anilines is 1. The highest BCUT2D eigenvalue weighted by Gasteiger charge is 2.73. The van der Waals surface area contributed by atoms with E-state index in [-0.39, 0.29) is 23.3 Å². The molecule has 0 aromatic heterocycles. The number of nitriles is 1. The molecule has 0 saturated carbocycles. The third-order valence-electron chi connectivity index (χ3n) is 5.99. The van der Waals surface area contributed by atoms with Crippen molar-refractivity contribution >= 4 is 17.4 Å². The van der Waals surface area contributed by atoms with E-state index in [9.17, 15) is 49.1 Å². The summed E-state index contributed by atoms with van der Waals surface area (Å²) in [4.78, 5) is 25.4. The van der Waals surface area contributed by atoms with Gasteiger partial charge in [-0.1, -0.05) is 12.1 Å². The summed E-state index contributed by atoms with van der Waals surface area (Å²) in [5.41, 5.74) is -10.4. The normalized spacial score (nSPS) is 12.2. The maximum absolute atomic E-state index is 15.2. The van der Waals surface area contributed by atoms with Crippen molar-refractivity contribution in [2.45, 2.75) is 38.0 Å². The fourth-order valence-corrected chi connectivity index (χ4v) is 3.89. The smallest absolute Gasteiger partial charge is 0.435 e. The third-order valence-corrected chi connectivity index (χ3v) is 5.99. The number of hydrogen-bond acceptors (Lipinski definition) is 4. The third kappa shape index (κ3) is 6.32. The van der Waals surface area contributed by atoms with Crippen LogP contribution in [0.1, 0.15) is 43.0 Å². The van der Waals surface area contributed by atoms with Crippen molar-refractivity contribution in [2.75, 3.05) is 5.32 Å². The monoisotopic (exact) mass is 606 g/mol. The summed E-state index contributed by atoms with van der Waals surface area (Å²) in [5.74, 6) is -4.71. The van der Waals surface area contributed by atoms with Crippen LogP contribution in [0.4, 0.5) is 49.6 Å². The van der Waals surface area contributed by atoms with Gasteiger partial charge < -0.3 is 10.1 Å². The van der Waals surface area contributed by atoms with Gasteiger partial charge >= 0.3 is 24.6 Å². The lowest BCUT2D eigenvalue weighted by Gasteiger charge is -2.31. The average molecular weight is 606 g/mol. The number of ketones is 1. The first-order valence-corrected chi connectivity index (χ1v) is 11.4. The van der Waals surface area contributed by atoms with E-state index in [1.807, 2.05) is 6.07 Å². The maximum Gasteiger partial charge on any atom is 0.435 e. The average Bonchev–Trinajstić information content (AvgIpc) is 2.89. The number of ether oxygens (including phenoxy) is 1. The molecule has 5 nitrogen and oxygen atoms in total. The van der Waals surface area contributed by atoms with E-state index in [0.717, 1.165) is 25.1 Å². The number of hydrogen-bond donors (Lipinski definition) is 1. The highest BCUT2D eigenvalue weighted by Crippen LogP contribution is 2.54. The van der Waals surface area contributed by atoms with Gasteiger partial charge in [0, 0.05) is 23.1 Å². The predicted octanol–water partition coefficient (Wildman–Crippen LogP) is 7.57. The van der Waals surface area contributed by atoms with Crippen molar-refractivity contribution in [3.8, 4) is 11.8 Å². The first kappa shape index (κ1) is 31.9. The zero-order valence-electron chi connectivity index (χ0n) is 20.9. The van der Waals surface area contributed by atoms with Gasteiger partial charge in [0.05, 0.1) is 22.9 Å². The molecule has 1 N–H and O–H groups in total. The topological polar surface area (TPSA) is 79.2 Å². The van der Waals surface area contributed by atoms with Gasteiger partial charge in [0.25, 0.3) is 5.91 Å². The summed E-state index contributed by atoms with van der Waals surface area (Å²) >= 11 is 0. The molecule has 3 rings (SSSR count). The number of carbonyl (C=O) groups excluding carboxylic acids is 2. The van der Waals surface area contributed by atoms with Crippen molar-refractivity contribution in [3.05, 3.63) is 93.8 Å². The minimum atomic E-state index is -6.55. The van der Waals surface area contributed by atoms with Crippen LogP contribution in [0.5, 0.6) is 5.75 Å². The molecule has 3 aromatic rings. The Bertz CT molecular complexity index is 1530. The zero-order valence-corrected chi connectivity index (χ0v) is 20.9. The molecule has 0 fully saturated rings. The van der Waals surface area contributed by atoms with E-state index in [1.54, 1.807) is 0 Å². The van der Waals surface area contributed by atoms with Crippen LogP contribution >= 0.6 is 0 Å². The fourth-order valence-electron chi connectivity index (χ4n) is 3.89. The van der Waals surface area contributed by atoms with Crippen molar-refractivity contribution in [1.29, 1.82) is 5.26 Å². The molecule has 42 heavy (non-hydrogen) atoms. The van der Waals surface area contributed by atoms with Gasteiger partial charge in [0.1, 0.15) is 5.75 Å². The van der Waals surface area contributed by atoms with Crippen LogP contribution in [-0.4, -0.2) is 30.7 Å². The van der Waals surface area contributed by atoms with E-state index in [1.165, 1.54) is 24.3 Å². The van der Waals surface area contributed by atoms with Gasteiger partial charge in [-0.3, -0.25) is 9.59 Å². The maximum atomic E-state index is 15.2. The van der Waals surface area contributed by atoms with Gasteiger partial charge in [0.2, 0.25) is 0 Å². The molecule has 0 saturated heterocycles. The summed E-state index contributed by atoms with van der Waals surface area (Å²) in [6.45, 7) is -2.99. The Balaban J connectivity index is 1.99. The molecule has 15 heteroatoms. The zero-order chi connectivity index (χ0) is 31.6. The van der Waals surface area contributed by atoms with Gasteiger partial charge in [0.15, 0.2) is 11.6 Å². The second kappa shape index (κ2) is 11.7. The molecular formula is C27H16F10N2O3. The van der Waals surface area contributed by atoms with Gasteiger partial charge in [-0.15, -0.1) is 0 Å². The number of alkyl halides is 9. The summed E-state index contributed by atoms with van der Waals surface area (Å²) in [5, 5.41) is 11.0. The van der Waals surface area contributed by atoms with Crippen LogP contribution in [0, 0.1) is 24.1 Å². The number of rotatable bonds is 8. The van der Waals surface area contributed by atoms with E-state index < -0.39 is 82.3 Å². The molecule has 222 valence electrons. The molecule has 1 amide bonds. The lowest BCUT2D eigenvalue weighted by molar-refractivity contribution is -0.348. The molecule has 0 atom stereocenters. The van der Waals surface area contributed by atoms with Gasteiger partial charge in [-0.2, -0.15) is 40.4 Å². The van der Waals surface area contributed by atoms with Crippen LogP contribution in [-0.2, 0) is 12.1 Å². The number of aryl methyl sites for hydroxylation is 1. The number of nitrogens with one attached hydrogen (secondary N) is 1. The van der Waals surface area contributed by atoms with Crippen LogP contribution in [0.15, 0.2) is 54.6 Å². The largest absolute Gasteiger partial charge is 0.435 e. The number of Topliss-reactive ketones (excluding diaryl/α,β-unsaturated/α-hetero) is 1. The second-order valence-electron chi connectivity index (χ2n) is 8.71. The molecule has 0 aliphatic rings. The first-order chi connectivity index (χ1) is 19.4. The number of carbonyl (C=O) groups is 2. The van der Waals surface area contributed by atoms with Crippen molar-refractivity contribution < 1.29 is 58.2 Å². The molecule has 0 aliphatic carbocycles. The SMILES string of the molecule is Cc1cc(C(F)(C(F)(F)F)C(F)(F)F)cc(OC(F)F)c1CC(=O)c1cccc(NC(=O)c2ccc(C#N)cc2)c1F. The summed E-state index contributed by atoms with van der Waals surface area (Å²) in [7, 11) is 0. The van der Waals surface area contributed by atoms with E-state index in [4.69, 9.17) is 5.26 Å². The number of halogens is 10. The number of benzene rings is 3. The molecular weight excluding hydrogens is 590 g/mol. The molecule has 0 radical (unpaired) electrons. The Hall–Kier alpha value is -4.61. The standard InChI is InChI=1S/C27H16F10N2O3/c1-13-9-16(25(31,26(32,33)34)27(35,36)37)10-21(42-24(29)30)18(13)11-20(40)17-3-2-4-19(22(17)28)39-23(41)15-7-5-14(12-38)6-8-15/h2-10,24H,11H2,1H3,(H,39,41).